The van der Waals surface area contributed by atoms with E-state index in [1.165, 1.54) is 7.11 Å². The summed E-state index contributed by atoms with van der Waals surface area (Å²) >= 11 is 0. The Hall–Kier alpha value is -2.88. The Morgan fingerprint density at radius 2 is 1.71 bits per heavy atom. The average Bonchev–Trinajstić information content (AvgIpc) is 3.34. The number of ether oxygens (including phenoxy) is 1. The number of hydrogen-bond donors (Lipinski definition) is 1. The molecule has 1 aliphatic carbocycles. The molecule has 1 saturated carbocycles. The second kappa shape index (κ2) is 6.71. The SMILES string of the molecule is COC(=O)[C@]1(NC(=O)c2ccccc2)C[C@H]1C=Cc1ccccc1. The summed E-state index contributed by atoms with van der Waals surface area (Å²) in [4.78, 5) is 24.6. The second-order valence-electron chi connectivity index (χ2n) is 5.86. The molecule has 1 N–H and O–H groups in total. The Labute approximate surface area is 141 Å². The highest BCUT2D eigenvalue weighted by Crippen LogP contribution is 2.46. The van der Waals surface area contributed by atoms with Crippen LogP contribution in [-0.2, 0) is 9.53 Å². The van der Waals surface area contributed by atoms with Crippen LogP contribution in [0, 0.1) is 5.92 Å². The number of carbonyl (C=O) groups is 2. The topological polar surface area (TPSA) is 55.4 Å². The minimum Gasteiger partial charge on any atom is -0.467 e. The van der Waals surface area contributed by atoms with Gasteiger partial charge in [-0.25, -0.2) is 4.79 Å². The van der Waals surface area contributed by atoms with E-state index in [2.05, 4.69) is 5.32 Å². The van der Waals surface area contributed by atoms with Crippen LogP contribution < -0.4 is 5.32 Å². The maximum atomic E-state index is 12.4. The summed E-state index contributed by atoms with van der Waals surface area (Å²) in [7, 11) is 1.34. The minimum atomic E-state index is -0.965. The molecular formula is C20H19NO3. The van der Waals surface area contributed by atoms with Crippen LogP contribution in [0.25, 0.3) is 6.08 Å². The maximum absolute atomic E-state index is 12.4. The van der Waals surface area contributed by atoms with Gasteiger partial charge in [0.05, 0.1) is 7.11 Å². The van der Waals surface area contributed by atoms with Gasteiger partial charge in [0.2, 0.25) is 0 Å². The lowest BCUT2D eigenvalue weighted by molar-refractivity contribution is -0.144. The smallest absolute Gasteiger partial charge is 0.332 e. The Morgan fingerprint density at radius 3 is 2.33 bits per heavy atom. The molecule has 0 heterocycles. The van der Waals surface area contributed by atoms with E-state index in [0.717, 1.165) is 5.56 Å². The largest absolute Gasteiger partial charge is 0.467 e. The van der Waals surface area contributed by atoms with E-state index in [-0.39, 0.29) is 11.8 Å². The van der Waals surface area contributed by atoms with Gasteiger partial charge >= 0.3 is 5.97 Å². The van der Waals surface area contributed by atoms with Crippen LogP contribution in [0.1, 0.15) is 22.3 Å². The molecular weight excluding hydrogens is 302 g/mol. The number of rotatable bonds is 5. The zero-order valence-corrected chi connectivity index (χ0v) is 13.4. The first-order valence-electron chi connectivity index (χ1n) is 7.85. The average molecular weight is 321 g/mol. The molecule has 1 fully saturated rings. The third-order valence-electron chi connectivity index (χ3n) is 4.26. The summed E-state index contributed by atoms with van der Waals surface area (Å²) in [5.41, 5.74) is 0.614. The van der Waals surface area contributed by atoms with Gasteiger partial charge < -0.3 is 10.1 Å². The predicted octanol–water partition coefficient (Wildman–Crippen LogP) is 3.06. The van der Waals surface area contributed by atoms with Crippen molar-refractivity contribution in [3.63, 3.8) is 0 Å². The molecule has 24 heavy (non-hydrogen) atoms. The van der Waals surface area contributed by atoms with Crippen molar-refractivity contribution in [2.75, 3.05) is 7.11 Å². The highest BCUT2D eigenvalue weighted by atomic mass is 16.5. The molecule has 0 aliphatic heterocycles. The van der Waals surface area contributed by atoms with Gasteiger partial charge in [-0.05, 0) is 24.1 Å². The van der Waals surface area contributed by atoms with E-state index < -0.39 is 11.5 Å². The van der Waals surface area contributed by atoms with E-state index >= 15 is 0 Å². The summed E-state index contributed by atoms with van der Waals surface area (Å²) in [5.74, 6) is -0.746. The third-order valence-corrected chi connectivity index (χ3v) is 4.26. The standard InChI is InChI=1S/C20H19NO3/c1-24-19(23)20(21-18(22)16-10-6-3-7-11-16)14-17(20)13-12-15-8-4-2-5-9-15/h2-13,17H,14H2,1H3,(H,21,22)/t17-,20+/m1/s1. The van der Waals surface area contributed by atoms with Crippen molar-refractivity contribution in [3.05, 3.63) is 77.9 Å². The Kier molecular flexibility index (Phi) is 4.47. The zero-order chi connectivity index (χ0) is 17.0. The molecule has 0 unspecified atom stereocenters. The van der Waals surface area contributed by atoms with Crippen LogP contribution in [0.5, 0.6) is 0 Å². The molecule has 3 rings (SSSR count). The molecule has 0 spiro atoms. The van der Waals surface area contributed by atoms with E-state index in [1.807, 2.05) is 48.6 Å². The van der Waals surface area contributed by atoms with Crippen molar-refractivity contribution >= 4 is 18.0 Å². The van der Waals surface area contributed by atoms with E-state index in [9.17, 15) is 9.59 Å². The minimum absolute atomic E-state index is 0.0715. The molecule has 1 amide bonds. The van der Waals surface area contributed by atoms with Gasteiger partial charge in [0.15, 0.2) is 0 Å². The molecule has 1 aliphatic rings. The number of carbonyl (C=O) groups excluding carboxylic acids is 2. The van der Waals surface area contributed by atoms with Gasteiger partial charge in [0.1, 0.15) is 5.54 Å². The number of hydrogen-bond acceptors (Lipinski definition) is 3. The van der Waals surface area contributed by atoms with Crippen LogP contribution >= 0.6 is 0 Å². The fourth-order valence-corrected chi connectivity index (χ4v) is 2.79. The molecule has 4 nitrogen and oxygen atoms in total. The van der Waals surface area contributed by atoms with Crippen molar-refractivity contribution < 1.29 is 14.3 Å². The first-order valence-corrected chi connectivity index (χ1v) is 7.85. The van der Waals surface area contributed by atoms with Gasteiger partial charge in [0, 0.05) is 11.5 Å². The summed E-state index contributed by atoms with van der Waals surface area (Å²) in [5, 5.41) is 2.86. The Bertz CT molecular complexity index is 755. The van der Waals surface area contributed by atoms with Crippen molar-refractivity contribution in [2.24, 2.45) is 5.92 Å². The predicted molar refractivity (Wildman–Crippen MR) is 92.2 cm³/mol. The zero-order valence-electron chi connectivity index (χ0n) is 13.4. The first-order chi connectivity index (χ1) is 11.7. The van der Waals surface area contributed by atoms with Crippen molar-refractivity contribution in [1.29, 1.82) is 0 Å². The van der Waals surface area contributed by atoms with Crippen LogP contribution in [0.15, 0.2) is 66.7 Å². The highest BCUT2D eigenvalue weighted by molar-refractivity contribution is 5.99. The Morgan fingerprint density at radius 1 is 1.08 bits per heavy atom. The summed E-state index contributed by atoms with van der Waals surface area (Å²) < 4.78 is 4.91. The van der Waals surface area contributed by atoms with Crippen molar-refractivity contribution in [3.8, 4) is 0 Å². The van der Waals surface area contributed by atoms with Crippen LogP contribution in [0.2, 0.25) is 0 Å². The molecule has 0 radical (unpaired) electrons. The van der Waals surface area contributed by atoms with E-state index in [4.69, 9.17) is 4.74 Å². The van der Waals surface area contributed by atoms with Gasteiger partial charge in [0.25, 0.3) is 5.91 Å². The fraction of sp³-hybridized carbons (Fsp3) is 0.200. The number of benzene rings is 2. The molecule has 0 aromatic heterocycles. The molecule has 4 heteroatoms. The van der Waals surface area contributed by atoms with Gasteiger partial charge in [-0.1, -0.05) is 60.7 Å². The molecule has 0 saturated heterocycles. The van der Waals surface area contributed by atoms with Crippen molar-refractivity contribution in [2.45, 2.75) is 12.0 Å². The monoisotopic (exact) mass is 321 g/mol. The normalized spacial score (nSPS) is 22.1. The molecule has 2 aromatic carbocycles. The fourth-order valence-electron chi connectivity index (χ4n) is 2.79. The van der Waals surface area contributed by atoms with Gasteiger partial charge in [-0.2, -0.15) is 0 Å². The lowest BCUT2D eigenvalue weighted by Gasteiger charge is -2.16. The number of methoxy groups -OCH3 is 1. The summed E-state index contributed by atoms with van der Waals surface area (Å²) in [6.07, 6.45) is 4.46. The van der Waals surface area contributed by atoms with E-state index in [1.54, 1.807) is 24.3 Å². The quantitative estimate of drug-likeness (QED) is 0.861. The highest BCUT2D eigenvalue weighted by Gasteiger charge is 2.61. The molecule has 2 aromatic rings. The number of amides is 1. The lowest BCUT2D eigenvalue weighted by atomic mass is 10.1. The Balaban J connectivity index is 1.75. The second-order valence-corrected chi connectivity index (χ2v) is 5.86. The number of nitrogens with one attached hydrogen (secondary N) is 1. The van der Waals surface area contributed by atoms with Crippen LogP contribution in [-0.4, -0.2) is 24.5 Å². The van der Waals surface area contributed by atoms with Gasteiger partial charge in [-0.3, -0.25) is 4.79 Å². The molecule has 0 bridgehead atoms. The lowest BCUT2D eigenvalue weighted by Crippen LogP contribution is -2.45. The number of esters is 1. The van der Waals surface area contributed by atoms with Crippen LogP contribution in [0.3, 0.4) is 0 Å². The molecule has 122 valence electrons. The maximum Gasteiger partial charge on any atom is 0.332 e. The third kappa shape index (κ3) is 3.23. The molecule has 2 atom stereocenters. The first kappa shape index (κ1) is 16.0. The van der Waals surface area contributed by atoms with Crippen LogP contribution in [0.4, 0.5) is 0 Å². The summed E-state index contributed by atoms with van der Waals surface area (Å²) in [6.45, 7) is 0. The van der Waals surface area contributed by atoms with Crippen molar-refractivity contribution in [1.82, 2.24) is 5.32 Å². The van der Waals surface area contributed by atoms with E-state index in [0.29, 0.717) is 12.0 Å². The summed E-state index contributed by atoms with van der Waals surface area (Å²) in [6, 6.07) is 18.7. The van der Waals surface area contributed by atoms with Gasteiger partial charge in [-0.15, -0.1) is 0 Å².